The van der Waals surface area contributed by atoms with Gasteiger partial charge in [0.1, 0.15) is 20.7 Å². The fourth-order valence-corrected chi connectivity index (χ4v) is 2.46. The Morgan fingerprint density at radius 1 is 1.14 bits per heavy atom. The van der Waals surface area contributed by atoms with Crippen molar-refractivity contribution < 1.29 is 14.3 Å². The molecule has 110 valence electrons. The van der Waals surface area contributed by atoms with Gasteiger partial charge in [-0.25, -0.2) is 9.97 Å². The minimum absolute atomic E-state index is 0.324. The Balaban J connectivity index is 2.27. The normalized spacial score (nSPS) is 10.1. The number of nitrogens with one attached hydrogen (secondary N) is 1. The summed E-state index contributed by atoms with van der Waals surface area (Å²) in [6.45, 7) is 0. The summed E-state index contributed by atoms with van der Waals surface area (Å²) in [4.78, 5) is 20.4. The lowest BCUT2D eigenvalue weighted by atomic mass is 10.2. The summed E-state index contributed by atoms with van der Waals surface area (Å²) in [6, 6.07) is 4.90. The third-order valence-corrected chi connectivity index (χ3v) is 3.48. The number of nitrogens with zero attached hydrogens (tertiary/aromatic N) is 2. The van der Waals surface area contributed by atoms with Crippen molar-refractivity contribution in [3.05, 3.63) is 39.2 Å². The Bertz CT molecular complexity index is 657. The van der Waals surface area contributed by atoms with Crippen LogP contribution in [0.2, 0.25) is 0 Å². The molecule has 1 heterocycles. The Morgan fingerprint density at radius 3 is 2.29 bits per heavy atom. The molecule has 2 aromatic rings. The highest BCUT2D eigenvalue weighted by molar-refractivity contribution is 9.11. The van der Waals surface area contributed by atoms with Gasteiger partial charge in [-0.05, 0) is 44.0 Å². The second-order valence-corrected chi connectivity index (χ2v) is 5.45. The van der Waals surface area contributed by atoms with Crippen molar-refractivity contribution in [3.63, 3.8) is 0 Å². The molecule has 0 aliphatic carbocycles. The number of aromatic nitrogens is 2. The molecule has 21 heavy (non-hydrogen) atoms. The van der Waals surface area contributed by atoms with Gasteiger partial charge in [0.2, 0.25) is 0 Å². The lowest BCUT2D eigenvalue weighted by molar-refractivity contribution is 0.102. The molecule has 0 saturated heterocycles. The first-order valence-electron chi connectivity index (χ1n) is 5.76. The van der Waals surface area contributed by atoms with Crippen molar-refractivity contribution in [2.45, 2.75) is 0 Å². The van der Waals surface area contributed by atoms with E-state index in [0.717, 1.165) is 0 Å². The highest BCUT2D eigenvalue weighted by atomic mass is 79.9. The second kappa shape index (κ2) is 6.86. The molecular weight excluding hydrogens is 406 g/mol. The van der Waals surface area contributed by atoms with Crippen LogP contribution in [-0.2, 0) is 0 Å². The lowest BCUT2D eigenvalue weighted by Crippen LogP contribution is -2.14. The van der Waals surface area contributed by atoms with Crippen LogP contribution in [0.3, 0.4) is 0 Å². The number of methoxy groups -OCH3 is 2. The summed E-state index contributed by atoms with van der Waals surface area (Å²) >= 11 is 6.43. The Kier molecular flexibility index (Phi) is 5.13. The van der Waals surface area contributed by atoms with Crippen LogP contribution in [0.1, 0.15) is 10.4 Å². The topological polar surface area (TPSA) is 73.3 Å². The van der Waals surface area contributed by atoms with E-state index in [2.05, 4.69) is 47.1 Å². The molecule has 0 saturated carbocycles. The quantitative estimate of drug-likeness (QED) is 0.827. The molecular formula is C13H11Br2N3O3. The van der Waals surface area contributed by atoms with E-state index in [-0.39, 0.29) is 5.91 Å². The first-order valence-corrected chi connectivity index (χ1v) is 7.34. The largest absolute Gasteiger partial charge is 0.497 e. The Labute approximate surface area is 138 Å². The molecule has 0 unspecified atom stereocenters. The maximum Gasteiger partial charge on any atom is 0.257 e. The summed E-state index contributed by atoms with van der Waals surface area (Å²) < 4.78 is 11.3. The second-order valence-electron chi connectivity index (χ2n) is 3.89. The van der Waals surface area contributed by atoms with Crippen LogP contribution in [0.15, 0.2) is 33.6 Å². The number of rotatable bonds is 4. The number of anilines is 1. The van der Waals surface area contributed by atoms with Gasteiger partial charge in [-0.1, -0.05) is 0 Å². The predicted octanol–water partition coefficient (Wildman–Crippen LogP) is 3.27. The monoisotopic (exact) mass is 415 g/mol. The van der Waals surface area contributed by atoms with E-state index in [9.17, 15) is 4.79 Å². The molecule has 8 heteroatoms. The standard InChI is InChI=1S/C13H11Br2N3O3/c1-20-8-3-7(4-9(5-8)21-2)13(19)18-12-11(15)17-10(14)6-16-12/h3-6H,1-2H3,(H,16,18,19). The number of amides is 1. The zero-order valence-corrected chi connectivity index (χ0v) is 14.4. The van der Waals surface area contributed by atoms with Gasteiger partial charge in [0, 0.05) is 11.6 Å². The Morgan fingerprint density at radius 2 is 1.76 bits per heavy atom. The van der Waals surface area contributed by atoms with Crippen molar-refractivity contribution in [2.75, 3.05) is 19.5 Å². The average Bonchev–Trinajstić information content (AvgIpc) is 2.49. The van der Waals surface area contributed by atoms with Crippen molar-refractivity contribution in [1.82, 2.24) is 9.97 Å². The number of carbonyl (C=O) groups excluding carboxylic acids is 1. The van der Waals surface area contributed by atoms with Crippen molar-refractivity contribution in [1.29, 1.82) is 0 Å². The van der Waals surface area contributed by atoms with E-state index in [1.54, 1.807) is 18.2 Å². The highest BCUT2D eigenvalue weighted by Crippen LogP contribution is 2.24. The summed E-state index contributed by atoms with van der Waals surface area (Å²) in [5.41, 5.74) is 0.391. The van der Waals surface area contributed by atoms with Crippen molar-refractivity contribution >= 4 is 43.6 Å². The summed E-state index contributed by atoms with van der Waals surface area (Å²) in [5.74, 6) is 1.04. The van der Waals surface area contributed by atoms with E-state index in [0.29, 0.717) is 32.1 Å². The van der Waals surface area contributed by atoms with Gasteiger partial charge in [-0.2, -0.15) is 0 Å². The molecule has 0 atom stereocenters. The van der Waals surface area contributed by atoms with E-state index in [1.165, 1.54) is 20.4 Å². The van der Waals surface area contributed by atoms with Crippen LogP contribution in [-0.4, -0.2) is 30.1 Å². The predicted molar refractivity (Wildman–Crippen MR) is 84.9 cm³/mol. The minimum Gasteiger partial charge on any atom is -0.497 e. The van der Waals surface area contributed by atoms with Crippen LogP contribution < -0.4 is 14.8 Å². The molecule has 6 nitrogen and oxygen atoms in total. The van der Waals surface area contributed by atoms with Crippen molar-refractivity contribution in [3.8, 4) is 11.5 Å². The van der Waals surface area contributed by atoms with Gasteiger partial charge < -0.3 is 14.8 Å². The molecule has 1 aromatic heterocycles. The van der Waals surface area contributed by atoms with E-state index in [4.69, 9.17) is 9.47 Å². The molecule has 0 spiro atoms. The lowest BCUT2D eigenvalue weighted by Gasteiger charge is -2.09. The molecule has 1 aromatic carbocycles. The summed E-state index contributed by atoms with van der Waals surface area (Å²) in [6.07, 6.45) is 1.49. The smallest absolute Gasteiger partial charge is 0.257 e. The first-order chi connectivity index (χ1) is 10.0. The highest BCUT2D eigenvalue weighted by Gasteiger charge is 2.13. The van der Waals surface area contributed by atoms with Crippen LogP contribution in [0.25, 0.3) is 0 Å². The first kappa shape index (κ1) is 15.7. The van der Waals surface area contributed by atoms with Gasteiger partial charge in [0.15, 0.2) is 5.82 Å². The maximum absolute atomic E-state index is 12.3. The van der Waals surface area contributed by atoms with Crippen LogP contribution in [0.4, 0.5) is 5.82 Å². The van der Waals surface area contributed by atoms with Crippen LogP contribution in [0, 0.1) is 0 Å². The zero-order chi connectivity index (χ0) is 15.4. The zero-order valence-electron chi connectivity index (χ0n) is 11.2. The number of ether oxygens (including phenoxy) is 2. The number of halogens is 2. The van der Waals surface area contributed by atoms with E-state index < -0.39 is 0 Å². The van der Waals surface area contributed by atoms with Gasteiger partial charge >= 0.3 is 0 Å². The van der Waals surface area contributed by atoms with Gasteiger partial charge in [-0.3, -0.25) is 4.79 Å². The molecule has 1 amide bonds. The minimum atomic E-state index is -0.343. The van der Waals surface area contributed by atoms with E-state index >= 15 is 0 Å². The average molecular weight is 417 g/mol. The third kappa shape index (κ3) is 3.92. The molecule has 0 aliphatic heterocycles. The molecule has 0 fully saturated rings. The fourth-order valence-electron chi connectivity index (χ4n) is 1.55. The molecule has 0 aliphatic rings. The molecule has 0 bridgehead atoms. The number of hydrogen-bond donors (Lipinski definition) is 1. The van der Waals surface area contributed by atoms with Gasteiger partial charge in [-0.15, -0.1) is 0 Å². The summed E-state index contributed by atoms with van der Waals surface area (Å²) in [7, 11) is 3.04. The Hall–Kier alpha value is -1.67. The maximum atomic E-state index is 12.3. The van der Waals surface area contributed by atoms with E-state index in [1.807, 2.05) is 0 Å². The van der Waals surface area contributed by atoms with Gasteiger partial charge in [0.25, 0.3) is 5.91 Å². The number of hydrogen-bond acceptors (Lipinski definition) is 5. The summed E-state index contributed by atoms with van der Waals surface area (Å²) in [5, 5.41) is 2.66. The number of carbonyl (C=O) groups is 1. The van der Waals surface area contributed by atoms with Crippen molar-refractivity contribution in [2.24, 2.45) is 0 Å². The molecule has 0 radical (unpaired) electrons. The van der Waals surface area contributed by atoms with Crippen LogP contribution >= 0.6 is 31.9 Å². The van der Waals surface area contributed by atoms with Gasteiger partial charge in [0.05, 0.1) is 20.4 Å². The molecule has 2 rings (SSSR count). The fraction of sp³-hybridized carbons (Fsp3) is 0.154. The van der Waals surface area contributed by atoms with Crippen LogP contribution in [0.5, 0.6) is 11.5 Å². The molecule has 1 N–H and O–H groups in total. The SMILES string of the molecule is COc1cc(OC)cc(C(=O)Nc2ncc(Br)nc2Br)c1. The number of benzene rings is 1. The third-order valence-electron chi connectivity index (χ3n) is 2.55.